The number of piperazine rings is 1. The zero-order chi connectivity index (χ0) is 19.0. The van der Waals surface area contributed by atoms with Gasteiger partial charge in [0.1, 0.15) is 0 Å². The lowest BCUT2D eigenvalue weighted by Crippen LogP contribution is -2.87. The maximum absolute atomic E-state index is 12.7. The molecule has 0 bridgehead atoms. The Morgan fingerprint density at radius 2 is 1.81 bits per heavy atom. The molecule has 1 heterocycles. The molecular weight excluding hydrogens is 354 g/mol. The van der Waals surface area contributed by atoms with Crippen molar-refractivity contribution in [1.82, 2.24) is 9.21 Å². The van der Waals surface area contributed by atoms with Crippen LogP contribution in [0.2, 0.25) is 0 Å². The van der Waals surface area contributed by atoms with Crippen molar-refractivity contribution in [3.8, 4) is 0 Å². The molecule has 1 aromatic rings. The van der Waals surface area contributed by atoms with Gasteiger partial charge in [0.2, 0.25) is 10.0 Å². The first kappa shape index (κ1) is 20.8. The van der Waals surface area contributed by atoms with Crippen LogP contribution in [0, 0.1) is 6.92 Å². The molecule has 0 atom stereocenters. The Labute approximate surface area is 156 Å². The second-order valence-electron chi connectivity index (χ2n) is 6.43. The topological polar surface area (TPSA) is 83.5 Å². The van der Waals surface area contributed by atoms with Crippen LogP contribution in [0.1, 0.15) is 18.9 Å². The van der Waals surface area contributed by atoms with Crippen molar-refractivity contribution in [2.45, 2.75) is 25.2 Å². The summed E-state index contributed by atoms with van der Waals surface area (Å²) in [4.78, 5) is 14.3. The average Bonchev–Trinajstić information content (AvgIpc) is 2.65. The summed E-state index contributed by atoms with van der Waals surface area (Å²) in [5.74, 6) is 0.0637. The van der Waals surface area contributed by atoms with Crippen molar-refractivity contribution in [1.29, 1.82) is 0 Å². The Bertz CT molecular complexity index is 668. The number of aryl methyl sites for hydroxylation is 1. The number of rotatable bonds is 9. The number of carbonyl (C=O) groups is 1. The highest BCUT2D eigenvalue weighted by molar-refractivity contribution is 7.89. The van der Waals surface area contributed by atoms with E-state index in [0.29, 0.717) is 44.2 Å². The Morgan fingerprint density at radius 1 is 1.15 bits per heavy atom. The van der Waals surface area contributed by atoms with Crippen molar-refractivity contribution in [2.75, 3.05) is 52.5 Å². The molecule has 1 aliphatic heterocycles. The van der Waals surface area contributed by atoms with Crippen LogP contribution >= 0.6 is 0 Å². The summed E-state index contributed by atoms with van der Waals surface area (Å²) in [6.07, 6.45) is 0.920. The van der Waals surface area contributed by atoms with Crippen LogP contribution in [-0.4, -0.2) is 76.0 Å². The predicted octanol–water partition coefficient (Wildman–Crippen LogP) is -0.182. The fourth-order valence-electron chi connectivity index (χ4n) is 2.87. The third kappa shape index (κ3) is 5.77. The number of nitrogens with zero attached hydrogens (tertiary/aromatic N) is 2. The Kier molecular flexibility index (Phi) is 8.02. The lowest BCUT2D eigenvalue weighted by molar-refractivity contribution is -0.645. The zero-order valence-corrected chi connectivity index (χ0v) is 16.5. The van der Waals surface area contributed by atoms with Gasteiger partial charge < -0.3 is 15.0 Å². The number of quaternary nitrogens is 1. The van der Waals surface area contributed by atoms with E-state index in [4.69, 9.17) is 4.74 Å². The molecular formula is C18H30N3O4S+. The molecule has 1 fully saturated rings. The van der Waals surface area contributed by atoms with Crippen LogP contribution in [0.4, 0.5) is 0 Å². The van der Waals surface area contributed by atoms with Gasteiger partial charge in [0.05, 0.1) is 18.0 Å². The third-order valence-electron chi connectivity index (χ3n) is 4.47. The van der Waals surface area contributed by atoms with E-state index in [1.807, 2.05) is 19.2 Å². The molecule has 26 heavy (non-hydrogen) atoms. The van der Waals surface area contributed by atoms with E-state index in [2.05, 4.69) is 0 Å². The number of amides is 1. The molecule has 0 aromatic heterocycles. The molecule has 0 spiro atoms. The maximum atomic E-state index is 12.7. The van der Waals surface area contributed by atoms with Gasteiger partial charge in [0.25, 0.3) is 5.91 Å². The van der Waals surface area contributed by atoms with Gasteiger partial charge in [0.15, 0.2) is 6.54 Å². The number of hydrogen-bond acceptors (Lipinski definition) is 4. The molecule has 146 valence electrons. The van der Waals surface area contributed by atoms with Gasteiger partial charge in [-0.15, -0.1) is 0 Å². The minimum Gasteiger partial charge on any atom is -0.382 e. The van der Waals surface area contributed by atoms with Gasteiger partial charge in [-0.05, 0) is 26.0 Å². The summed E-state index contributed by atoms with van der Waals surface area (Å²) < 4.78 is 32.1. The van der Waals surface area contributed by atoms with Crippen molar-refractivity contribution < 1.29 is 23.3 Å². The van der Waals surface area contributed by atoms with Crippen molar-refractivity contribution >= 4 is 15.9 Å². The van der Waals surface area contributed by atoms with E-state index < -0.39 is 10.0 Å². The van der Waals surface area contributed by atoms with Crippen LogP contribution in [0.25, 0.3) is 0 Å². The number of sulfonamides is 1. The second-order valence-corrected chi connectivity index (χ2v) is 8.37. The van der Waals surface area contributed by atoms with Gasteiger partial charge in [0, 0.05) is 39.2 Å². The minimum absolute atomic E-state index is 0.0637. The molecule has 0 unspecified atom stereocenters. The van der Waals surface area contributed by atoms with Crippen LogP contribution < -0.4 is 5.32 Å². The lowest BCUT2D eigenvalue weighted by Gasteiger charge is -2.33. The first-order chi connectivity index (χ1) is 12.4. The first-order valence-corrected chi connectivity index (χ1v) is 10.6. The standard InChI is InChI=1S/C18H29N3O4S/c1-3-25-14-4-9-19-15-18(22)20-10-12-21(13-11-20)26(23,24)17-7-5-16(2)6-8-17/h5-8,19H,3-4,9-15H2,1-2H3/p+1. The molecule has 1 saturated heterocycles. The second kappa shape index (κ2) is 10.0. The van der Waals surface area contributed by atoms with Crippen LogP contribution in [0.5, 0.6) is 0 Å². The minimum atomic E-state index is -3.48. The first-order valence-electron chi connectivity index (χ1n) is 9.19. The molecule has 0 saturated carbocycles. The van der Waals surface area contributed by atoms with Crippen molar-refractivity contribution in [3.63, 3.8) is 0 Å². The number of nitrogens with two attached hydrogens (primary N) is 1. The zero-order valence-electron chi connectivity index (χ0n) is 15.7. The summed E-state index contributed by atoms with van der Waals surface area (Å²) in [5.41, 5.74) is 1.02. The largest absolute Gasteiger partial charge is 0.382 e. The number of benzene rings is 1. The molecule has 7 nitrogen and oxygen atoms in total. The molecule has 8 heteroatoms. The van der Waals surface area contributed by atoms with Crippen LogP contribution in [0.15, 0.2) is 29.2 Å². The van der Waals surface area contributed by atoms with E-state index in [9.17, 15) is 13.2 Å². The van der Waals surface area contributed by atoms with Crippen molar-refractivity contribution in [3.05, 3.63) is 29.8 Å². The van der Waals surface area contributed by atoms with Gasteiger partial charge in [-0.1, -0.05) is 17.7 Å². The highest BCUT2D eigenvalue weighted by Gasteiger charge is 2.30. The third-order valence-corrected chi connectivity index (χ3v) is 6.38. The normalized spacial score (nSPS) is 16.0. The summed E-state index contributed by atoms with van der Waals surface area (Å²) >= 11 is 0. The number of ether oxygens (including phenoxy) is 1. The molecule has 2 N–H and O–H groups in total. The molecule has 1 amide bonds. The average molecular weight is 385 g/mol. The summed E-state index contributed by atoms with van der Waals surface area (Å²) in [6, 6.07) is 6.88. The highest BCUT2D eigenvalue weighted by Crippen LogP contribution is 2.18. The van der Waals surface area contributed by atoms with E-state index in [1.165, 1.54) is 4.31 Å². The van der Waals surface area contributed by atoms with E-state index >= 15 is 0 Å². The quantitative estimate of drug-likeness (QED) is 0.599. The predicted molar refractivity (Wildman–Crippen MR) is 99.3 cm³/mol. The van der Waals surface area contributed by atoms with Crippen molar-refractivity contribution in [2.24, 2.45) is 0 Å². The Hall–Kier alpha value is -1.48. The SMILES string of the molecule is CCOCCC[NH2+]CC(=O)N1CCN(S(=O)(=O)c2ccc(C)cc2)CC1. The molecule has 1 aromatic carbocycles. The lowest BCUT2D eigenvalue weighted by atomic mass is 10.2. The molecule has 0 radical (unpaired) electrons. The number of hydrogen-bond donors (Lipinski definition) is 1. The monoisotopic (exact) mass is 384 g/mol. The molecule has 0 aliphatic carbocycles. The Balaban J connectivity index is 1.77. The van der Waals surface area contributed by atoms with Crippen LogP contribution in [-0.2, 0) is 19.6 Å². The van der Waals surface area contributed by atoms with Gasteiger partial charge in [-0.3, -0.25) is 4.79 Å². The number of carbonyl (C=O) groups excluding carboxylic acids is 1. The fraction of sp³-hybridized carbons (Fsp3) is 0.611. The highest BCUT2D eigenvalue weighted by atomic mass is 32.2. The fourth-order valence-corrected chi connectivity index (χ4v) is 4.29. The van der Waals surface area contributed by atoms with E-state index in [1.54, 1.807) is 29.2 Å². The van der Waals surface area contributed by atoms with Crippen LogP contribution in [0.3, 0.4) is 0 Å². The van der Waals surface area contributed by atoms with E-state index in [-0.39, 0.29) is 5.91 Å². The molecule has 1 aliphatic rings. The summed E-state index contributed by atoms with van der Waals surface area (Å²) in [6.45, 7) is 8.14. The van der Waals surface area contributed by atoms with Gasteiger partial charge >= 0.3 is 0 Å². The van der Waals surface area contributed by atoms with Gasteiger partial charge in [-0.2, -0.15) is 4.31 Å². The van der Waals surface area contributed by atoms with Gasteiger partial charge in [-0.25, -0.2) is 8.42 Å². The van der Waals surface area contributed by atoms with E-state index in [0.717, 1.165) is 25.1 Å². The molecule has 2 rings (SSSR count). The summed E-state index contributed by atoms with van der Waals surface area (Å²) in [5, 5.41) is 1.98. The maximum Gasteiger partial charge on any atom is 0.277 e. The Morgan fingerprint density at radius 3 is 2.42 bits per heavy atom. The summed E-state index contributed by atoms with van der Waals surface area (Å²) in [7, 11) is -3.48. The smallest absolute Gasteiger partial charge is 0.277 e.